The maximum Gasteiger partial charge on any atom is 0.266 e. The van der Waals surface area contributed by atoms with E-state index >= 15 is 0 Å². The van der Waals surface area contributed by atoms with Crippen molar-refractivity contribution < 1.29 is 23.9 Å². The first-order valence-corrected chi connectivity index (χ1v) is 11.2. The molecule has 0 bridgehead atoms. The van der Waals surface area contributed by atoms with Crippen LogP contribution < -0.4 is 19.4 Å². The van der Waals surface area contributed by atoms with Crippen LogP contribution in [-0.4, -0.2) is 31.6 Å². The Hall–Kier alpha value is -3.84. The summed E-state index contributed by atoms with van der Waals surface area (Å²) in [7, 11) is 1.61. The quantitative estimate of drug-likeness (QED) is 0.506. The van der Waals surface area contributed by atoms with E-state index in [4.69, 9.17) is 14.3 Å². The van der Waals surface area contributed by atoms with Gasteiger partial charge in [-0.05, 0) is 67.9 Å². The average molecular weight is 459 g/mol. The Morgan fingerprint density at radius 3 is 2.15 bits per heavy atom. The number of ether oxygens (including phenoxy) is 2. The second-order valence-electron chi connectivity index (χ2n) is 8.51. The predicted molar refractivity (Wildman–Crippen MR) is 128 cm³/mol. The molecule has 5 rings (SSSR count). The van der Waals surface area contributed by atoms with Gasteiger partial charge in [0.15, 0.2) is 6.10 Å². The third-order valence-corrected chi connectivity index (χ3v) is 6.52. The average Bonchev–Trinajstić information content (AvgIpc) is 3.28. The Morgan fingerprint density at radius 1 is 0.882 bits per heavy atom. The number of anilines is 2. The Bertz CT molecular complexity index is 1200. The zero-order valence-electron chi connectivity index (χ0n) is 19.3. The first-order chi connectivity index (χ1) is 16.5. The number of methoxy groups -OCH3 is 1. The zero-order valence-corrected chi connectivity index (χ0v) is 19.3. The number of hydroxylamine groups is 1. The number of benzene rings is 3. The molecule has 0 aromatic heterocycles. The molecule has 174 valence electrons. The molecule has 3 aromatic carbocycles. The van der Waals surface area contributed by atoms with Crippen molar-refractivity contribution >= 4 is 23.2 Å². The number of nitrogens with zero attached hydrogens (tertiary/aromatic N) is 2. The maximum absolute atomic E-state index is 14.0. The maximum atomic E-state index is 14.0. The van der Waals surface area contributed by atoms with E-state index in [1.807, 2.05) is 68.4 Å². The van der Waals surface area contributed by atoms with Gasteiger partial charge in [-0.15, -0.1) is 0 Å². The molecule has 7 nitrogen and oxygen atoms in total. The summed E-state index contributed by atoms with van der Waals surface area (Å²) in [6, 6.07) is 23.5. The highest BCUT2D eigenvalue weighted by Crippen LogP contribution is 2.55. The lowest BCUT2D eigenvalue weighted by Crippen LogP contribution is -2.41. The van der Waals surface area contributed by atoms with E-state index in [-0.39, 0.29) is 11.8 Å². The van der Waals surface area contributed by atoms with Gasteiger partial charge in [0, 0.05) is 0 Å². The third-order valence-electron chi connectivity index (χ3n) is 6.52. The summed E-state index contributed by atoms with van der Waals surface area (Å²) in [5.41, 5.74) is 0.981. The van der Waals surface area contributed by atoms with Crippen LogP contribution in [0, 0.1) is 5.41 Å². The van der Waals surface area contributed by atoms with Crippen molar-refractivity contribution in [3.63, 3.8) is 0 Å². The van der Waals surface area contributed by atoms with Crippen LogP contribution in [0.2, 0.25) is 0 Å². The zero-order chi connectivity index (χ0) is 23.9. The standard InChI is InChI=1S/C27H26N2O5/c1-4-33-22-16-12-19(13-17-22)28-25(30)24-27(2,26(28)31)23(18-10-14-21(32-3)15-11-18)29(34-24)20-8-6-5-7-9-20/h5-17,23-24H,4H2,1-3H3/t23-,24+,27+/m1/s1. The Morgan fingerprint density at radius 2 is 1.53 bits per heavy atom. The van der Waals surface area contributed by atoms with Crippen LogP contribution in [0.5, 0.6) is 11.5 Å². The number of para-hydroxylation sites is 1. The van der Waals surface area contributed by atoms with Gasteiger partial charge in [-0.25, -0.2) is 9.96 Å². The third kappa shape index (κ3) is 3.31. The Labute approximate surface area is 198 Å². The van der Waals surface area contributed by atoms with Gasteiger partial charge in [0.2, 0.25) is 5.91 Å². The van der Waals surface area contributed by atoms with Crippen LogP contribution in [0.4, 0.5) is 11.4 Å². The van der Waals surface area contributed by atoms with Gasteiger partial charge in [0.1, 0.15) is 16.9 Å². The van der Waals surface area contributed by atoms with Crippen LogP contribution in [0.3, 0.4) is 0 Å². The molecule has 0 N–H and O–H groups in total. The summed E-state index contributed by atoms with van der Waals surface area (Å²) in [6.45, 7) is 4.25. The molecule has 0 aliphatic carbocycles. The van der Waals surface area contributed by atoms with Crippen LogP contribution >= 0.6 is 0 Å². The highest BCUT2D eigenvalue weighted by molar-refractivity contribution is 6.25. The van der Waals surface area contributed by atoms with Crippen molar-refractivity contribution in [2.45, 2.75) is 26.0 Å². The molecular weight excluding hydrogens is 432 g/mol. The smallest absolute Gasteiger partial charge is 0.266 e. The lowest BCUT2D eigenvalue weighted by molar-refractivity contribution is -0.128. The fourth-order valence-electron chi connectivity index (χ4n) is 4.82. The monoisotopic (exact) mass is 458 g/mol. The molecule has 3 aromatic rings. The van der Waals surface area contributed by atoms with Gasteiger partial charge >= 0.3 is 0 Å². The van der Waals surface area contributed by atoms with Crippen molar-refractivity contribution in [1.82, 2.24) is 0 Å². The molecular formula is C27H26N2O5. The lowest BCUT2D eigenvalue weighted by Gasteiger charge is -2.32. The highest BCUT2D eigenvalue weighted by Gasteiger charge is 2.68. The molecule has 2 fully saturated rings. The summed E-state index contributed by atoms with van der Waals surface area (Å²) < 4.78 is 10.8. The molecule has 7 heteroatoms. The van der Waals surface area contributed by atoms with E-state index in [9.17, 15) is 9.59 Å². The first kappa shape index (κ1) is 22.0. The summed E-state index contributed by atoms with van der Waals surface area (Å²) in [5.74, 6) is 0.708. The highest BCUT2D eigenvalue weighted by atomic mass is 16.7. The van der Waals surface area contributed by atoms with E-state index < -0.39 is 17.6 Å². The van der Waals surface area contributed by atoms with Crippen molar-refractivity contribution in [3.8, 4) is 11.5 Å². The van der Waals surface area contributed by atoms with Gasteiger partial charge < -0.3 is 9.47 Å². The molecule has 0 spiro atoms. The fraction of sp³-hybridized carbons (Fsp3) is 0.259. The van der Waals surface area contributed by atoms with E-state index in [0.29, 0.717) is 23.8 Å². The number of fused-ring (bicyclic) bond motifs is 1. The largest absolute Gasteiger partial charge is 0.497 e. The Kier molecular flexibility index (Phi) is 5.49. The number of carbonyl (C=O) groups excluding carboxylic acids is 2. The predicted octanol–water partition coefficient (Wildman–Crippen LogP) is 4.54. The summed E-state index contributed by atoms with van der Waals surface area (Å²) in [6.07, 6.45) is -0.959. The minimum Gasteiger partial charge on any atom is -0.497 e. The number of imide groups is 1. The summed E-state index contributed by atoms with van der Waals surface area (Å²) >= 11 is 0. The van der Waals surface area contributed by atoms with Crippen LogP contribution in [-0.2, 0) is 14.4 Å². The van der Waals surface area contributed by atoms with Crippen molar-refractivity contribution in [1.29, 1.82) is 0 Å². The second kappa shape index (κ2) is 8.50. The molecule has 0 saturated carbocycles. The summed E-state index contributed by atoms with van der Waals surface area (Å²) in [5, 5.41) is 1.69. The van der Waals surface area contributed by atoms with E-state index in [1.54, 1.807) is 36.4 Å². The SMILES string of the molecule is CCOc1ccc(N2C(=O)[C@@H]3ON(c4ccccc4)[C@H](c4ccc(OC)cc4)[C@]3(C)C2=O)cc1. The van der Waals surface area contributed by atoms with E-state index in [2.05, 4.69) is 0 Å². The lowest BCUT2D eigenvalue weighted by atomic mass is 9.76. The van der Waals surface area contributed by atoms with Crippen molar-refractivity contribution in [2.24, 2.45) is 5.41 Å². The first-order valence-electron chi connectivity index (χ1n) is 11.2. The molecule has 2 aliphatic rings. The van der Waals surface area contributed by atoms with Gasteiger partial charge in [-0.3, -0.25) is 14.4 Å². The number of rotatable bonds is 6. The molecule has 3 atom stereocenters. The topological polar surface area (TPSA) is 68.3 Å². The van der Waals surface area contributed by atoms with Crippen molar-refractivity contribution in [3.05, 3.63) is 84.4 Å². The van der Waals surface area contributed by atoms with Gasteiger partial charge in [0.25, 0.3) is 5.91 Å². The number of hydrogen-bond acceptors (Lipinski definition) is 6. The second-order valence-corrected chi connectivity index (χ2v) is 8.51. The minimum atomic E-state index is -1.14. The van der Waals surface area contributed by atoms with Gasteiger partial charge in [-0.2, -0.15) is 0 Å². The molecule has 2 heterocycles. The Balaban J connectivity index is 1.57. The number of amides is 2. The minimum absolute atomic E-state index is 0.300. The van der Waals surface area contributed by atoms with E-state index in [0.717, 1.165) is 11.3 Å². The van der Waals surface area contributed by atoms with E-state index in [1.165, 1.54) is 4.90 Å². The molecule has 2 saturated heterocycles. The van der Waals surface area contributed by atoms with Crippen LogP contribution in [0.1, 0.15) is 25.5 Å². The fourth-order valence-corrected chi connectivity index (χ4v) is 4.82. The molecule has 34 heavy (non-hydrogen) atoms. The molecule has 2 aliphatic heterocycles. The molecule has 0 unspecified atom stereocenters. The molecule has 2 amide bonds. The van der Waals surface area contributed by atoms with Gasteiger partial charge in [-0.1, -0.05) is 30.3 Å². The summed E-state index contributed by atoms with van der Waals surface area (Å²) in [4.78, 5) is 35.0. The van der Waals surface area contributed by atoms with Crippen molar-refractivity contribution in [2.75, 3.05) is 23.7 Å². The molecule has 0 radical (unpaired) electrons. The van der Waals surface area contributed by atoms with Crippen LogP contribution in [0.15, 0.2) is 78.9 Å². The number of hydrogen-bond donors (Lipinski definition) is 0. The van der Waals surface area contributed by atoms with Crippen LogP contribution in [0.25, 0.3) is 0 Å². The number of carbonyl (C=O) groups is 2. The normalized spacial score (nSPS) is 23.9. The van der Waals surface area contributed by atoms with Gasteiger partial charge in [0.05, 0.1) is 31.1 Å².